The van der Waals surface area contributed by atoms with Crippen LogP contribution in [0.15, 0.2) is 12.3 Å². The minimum absolute atomic E-state index is 0.0561. The Morgan fingerprint density at radius 3 is 3.00 bits per heavy atom. The average Bonchev–Trinajstić information content (AvgIpc) is 2.58. The first-order valence-electron chi connectivity index (χ1n) is 4.62. The lowest BCUT2D eigenvalue weighted by molar-refractivity contribution is -0.121. The highest BCUT2D eigenvalue weighted by Gasteiger charge is 2.02. The number of carbonyl (C=O) groups excluding carboxylic acids is 1. The van der Waals surface area contributed by atoms with E-state index in [0.717, 1.165) is 5.69 Å². The van der Waals surface area contributed by atoms with Crippen LogP contribution in [0.25, 0.3) is 0 Å². The van der Waals surface area contributed by atoms with Gasteiger partial charge in [-0.25, -0.2) is 0 Å². The van der Waals surface area contributed by atoms with Gasteiger partial charge in [-0.2, -0.15) is 5.10 Å². The highest BCUT2D eigenvalue weighted by molar-refractivity contribution is 5.75. The van der Waals surface area contributed by atoms with E-state index in [1.807, 2.05) is 20.2 Å². The van der Waals surface area contributed by atoms with Gasteiger partial charge in [0.15, 0.2) is 0 Å². The van der Waals surface area contributed by atoms with Crippen LogP contribution in [0.5, 0.6) is 0 Å². The van der Waals surface area contributed by atoms with E-state index < -0.39 is 0 Å². The fraction of sp³-hybridized carbons (Fsp3) is 0.556. The quantitative estimate of drug-likeness (QED) is 0.676. The van der Waals surface area contributed by atoms with E-state index in [0.29, 0.717) is 19.5 Å². The number of carbonyl (C=O) groups is 1. The van der Waals surface area contributed by atoms with Gasteiger partial charge in [0.05, 0.1) is 12.2 Å². The number of hydrogen-bond acceptors (Lipinski definition) is 3. The maximum absolute atomic E-state index is 11.2. The maximum atomic E-state index is 11.2. The third kappa shape index (κ3) is 3.18. The van der Waals surface area contributed by atoms with Gasteiger partial charge in [-0.05, 0) is 13.1 Å². The molecule has 0 aromatic carbocycles. The molecule has 0 aliphatic carbocycles. The smallest absolute Gasteiger partial charge is 0.221 e. The third-order valence-corrected chi connectivity index (χ3v) is 1.99. The van der Waals surface area contributed by atoms with Crippen molar-refractivity contribution in [1.29, 1.82) is 0 Å². The van der Waals surface area contributed by atoms with Crippen molar-refractivity contribution in [3.05, 3.63) is 18.0 Å². The van der Waals surface area contributed by atoms with E-state index >= 15 is 0 Å². The van der Waals surface area contributed by atoms with Crippen LogP contribution >= 0.6 is 0 Å². The minimum Gasteiger partial charge on any atom is -0.350 e. The van der Waals surface area contributed by atoms with Crippen molar-refractivity contribution in [3.8, 4) is 0 Å². The van der Waals surface area contributed by atoms with Crippen LogP contribution in [-0.4, -0.2) is 29.3 Å². The van der Waals surface area contributed by atoms with Gasteiger partial charge >= 0.3 is 0 Å². The predicted octanol–water partition coefficient (Wildman–Crippen LogP) is -0.354. The van der Waals surface area contributed by atoms with Gasteiger partial charge in [0.25, 0.3) is 0 Å². The summed E-state index contributed by atoms with van der Waals surface area (Å²) in [5.41, 5.74) is 1.00. The largest absolute Gasteiger partial charge is 0.350 e. The maximum Gasteiger partial charge on any atom is 0.221 e. The Labute approximate surface area is 83.5 Å². The molecule has 0 bridgehead atoms. The van der Waals surface area contributed by atoms with Crippen LogP contribution in [-0.2, 0) is 18.4 Å². The number of rotatable bonds is 5. The van der Waals surface area contributed by atoms with Crippen LogP contribution in [0.4, 0.5) is 0 Å². The monoisotopic (exact) mass is 196 g/mol. The number of nitrogens with one attached hydrogen (secondary N) is 2. The highest BCUT2D eigenvalue weighted by Crippen LogP contribution is 1.94. The number of hydrogen-bond donors (Lipinski definition) is 2. The van der Waals surface area contributed by atoms with Crippen molar-refractivity contribution in [2.24, 2.45) is 7.05 Å². The zero-order valence-corrected chi connectivity index (χ0v) is 8.58. The van der Waals surface area contributed by atoms with E-state index in [2.05, 4.69) is 15.7 Å². The summed E-state index contributed by atoms with van der Waals surface area (Å²) in [4.78, 5) is 11.2. The summed E-state index contributed by atoms with van der Waals surface area (Å²) >= 11 is 0. The molecular formula is C9H16N4O. The molecule has 14 heavy (non-hydrogen) atoms. The fourth-order valence-corrected chi connectivity index (χ4v) is 1.09. The molecule has 1 amide bonds. The Morgan fingerprint density at radius 1 is 1.64 bits per heavy atom. The molecule has 1 rings (SSSR count). The van der Waals surface area contributed by atoms with E-state index in [1.54, 1.807) is 10.9 Å². The van der Waals surface area contributed by atoms with Crippen LogP contribution < -0.4 is 10.6 Å². The molecule has 5 heteroatoms. The van der Waals surface area contributed by atoms with Crippen molar-refractivity contribution in [2.45, 2.75) is 13.0 Å². The van der Waals surface area contributed by atoms with Gasteiger partial charge in [0.1, 0.15) is 0 Å². The second-order valence-electron chi connectivity index (χ2n) is 3.08. The summed E-state index contributed by atoms with van der Waals surface area (Å²) in [5, 5.41) is 9.76. The zero-order valence-electron chi connectivity index (χ0n) is 8.58. The molecule has 0 fully saturated rings. The Morgan fingerprint density at radius 2 is 2.43 bits per heavy atom. The summed E-state index contributed by atoms with van der Waals surface area (Å²) in [7, 11) is 3.68. The van der Waals surface area contributed by atoms with Gasteiger partial charge in [-0.15, -0.1) is 0 Å². The minimum atomic E-state index is 0.0561. The van der Waals surface area contributed by atoms with Crippen molar-refractivity contribution < 1.29 is 4.79 Å². The number of amides is 1. The first-order valence-corrected chi connectivity index (χ1v) is 4.62. The van der Waals surface area contributed by atoms with Crippen LogP contribution in [0, 0.1) is 0 Å². The van der Waals surface area contributed by atoms with Crippen molar-refractivity contribution in [2.75, 3.05) is 13.6 Å². The van der Waals surface area contributed by atoms with Gasteiger partial charge in [-0.1, -0.05) is 0 Å². The van der Waals surface area contributed by atoms with E-state index in [-0.39, 0.29) is 5.91 Å². The highest BCUT2D eigenvalue weighted by atomic mass is 16.1. The molecule has 0 aliphatic heterocycles. The first kappa shape index (κ1) is 10.7. The topological polar surface area (TPSA) is 59.0 Å². The van der Waals surface area contributed by atoms with E-state index in [1.165, 1.54) is 0 Å². The summed E-state index contributed by atoms with van der Waals surface area (Å²) in [6.45, 7) is 1.25. The molecule has 0 unspecified atom stereocenters. The number of nitrogens with zero attached hydrogens (tertiary/aromatic N) is 2. The van der Waals surface area contributed by atoms with Crippen LogP contribution in [0.2, 0.25) is 0 Å². The van der Waals surface area contributed by atoms with Crippen LogP contribution in [0.3, 0.4) is 0 Å². The first-order chi connectivity index (χ1) is 6.74. The Hall–Kier alpha value is -1.36. The summed E-state index contributed by atoms with van der Waals surface area (Å²) < 4.78 is 1.75. The summed E-state index contributed by atoms with van der Waals surface area (Å²) in [5.74, 6) is 0.0561. The van der Waals surface area contributed by atoms with Gasteiger partial charge in [0, 0.05) is 26.2 Å². The molecule has 0 radical (unpaired) electrons. The summed E-state index contributed by atoms with van der Waals surface area (Å²) in [6.07, 6.45) is 2.23. The molecule has 0 atom stereocenters. The number of aryl methyl sites for hydroxylation is 1. The SMILES string of the molecule is CNCCC(=O)NCc1ccnn1C. The second kappa shape index (κ2) is 5.39. The normalized spacial score (nSPS) is 10.1. The average molecular weight is 196 g/mol. The Bertz CT molecular complexity index is 295. The molecule has 1 heterocycles. The molecule has 0 spiro atoms. The number of aromatic nitrogens is 2. The van der Waals surface area contributed by atoms with Crippen molar-refractivity contribution in [3.63, 3.8) is 0 Å². The molecule has 0 saturated heterocycles. The van der Waals surface area contributed by atoms with Gasteiger partial charge in [-0.3, -0.25) is 9.48 Å². The fourth-order valence-electron chi connectivity index (χ4n) is 1.09. The summed E-state index contributed by atoms with van der Waals surface area (Å²) in [6, 6.07) is 1.89. The Kier molecular flexibility index (Phi) is 4.12. The third-order valence-electron chi connectivity index (χ3n) is 1.99. The molecule has 78 valence electrons. The van der Waals surface area contributed by atoms with Crippen molar-refractivity contribution in [1.82, 2.24) is 20.4 Å². The standard InChI is InChI=1S/C9H16N4O/c1-10-5-4-9(14)11-7-8-3-6-12-13(8)2/h3,6,10H,4-5,7H2,1-2H3,(H,11,14). The molecule has 1 aromatic heterocycles. The lowest BCUT2D eigenvalue weighted by Gasteiger charge is -2.04. The van der Waals surface area contributed by atoms with Gasteiger partial charge < -0.3 is 10.6 Å². The lowest BCUT2D eigenvalue weighted by atomic mass is 10.3. The zero-order chi connectivity index (χ0) is 10.4. The predicted molar refractivity (Wildman–Crippen MR) is 53.6 cm³/mol. The molecular weight excluding hydrogens is 180 g/mol. The molecule has 2 N–H and O–H groups in total. The molecule has 0 aliphatic rings. The van der Waals surface area contributed by atoms with E-state index in [9.17, 15) is 4.79 Å². The molecule has 0 saturated carbocycles. The van der Waals surface area contributed by atoms with Gasteiger partial charge in [0.2, 0.25) is 5.91 Å². The molecule has 5 nitrogen and oxygen atoms in total. The van der Waals surface area contributed by atoms with E-state index in [4.69, 9.17) is 0 Å². The lowest BCUT2D eigenvalue weighted by Crippen LogP contribution is -2.26. The molecule has 1 aromatic rings. The second-order valence-corrected chi connectivity index (χ2v) is 3.08. The van der Waals surface area contributed by atoms with Crippen molar-refractivity contribution >= 4 is 5.91 Å². The van der Waals surface area contributed by atoms with Crippen LogP contribution in [0.1, 0.15) is 12.1 Å². The Balaban J connectivity index is 2.27.